The maximum atomic E-state index is 14.4. The smallest absolute Gasteiger partial charge is 0.396 e. The first kappa shape index (κ1) is 19.8. The molecule has 0 bridgehead atoms. The summed E-state index contributed by atoms with van der Waals surface area (Å²) in [5.74, 6) is -1.22. The van der Waals surface area contributed by atoms with Crippen LogP contribution in [0.5, 0.6) is 0 Å². The van der Waals surface area contributed by atoms with Gasteiger partial charge in [0.1, 0.15) is 5.82 Å². The van der Waals surface area contributed by atoms with Crippen LogP contribution in [0.25, 0.3) is 0 Å². The lowest BCUT2D eigenvalue weighted by Gasteiger charge is -2.41. The van der Waals surface area contributed by atoms with Gasteiger partial charge in [-0.25, -0.2) is 4.39 Å². The number of nitrogens with zero attached hydrogens (tertiary/aromatic N) is 1. The highest BCUT2D eigenvalue weighted by Gasteiger charge is 2.38. The molecule has 2 nitrogen and oxygen atoms in total. The van der Waals surface area contributed by atoms with Crippen LogP contribution in [0.3, 0.4) is 0 Å². The van der Waals surface area contributed by atoms with Gasteiger partial charge in [-0.2, -0.15) is 13.2 Å². The van der Waals surface area contributed by atoms with Gasteiger partial charge >= 0.3 is 6.18 Å². The van der Waals surface area contributed by atoms with E-state index in [-0.39, 0.29) is 18.6 Å². The Labute approximate surface area is 156 Å². The van der Waals surface area contributed by atoms with Crippen LogP contribution in [0.15, 0.2) is 48.5 Å². The Hall–Kier alpha value is -1.92. The zero-order valence-electron chi connectivity index (χ0n) is 15.0. The molecule has 0 unspecified atom stereocenters. The molecule has 0 saturated carbocycles. The van der Waals surface area contributed by atoms with Gasteiger partial charge in [-0.3, -0.25) is 4.90 Å². The summed E-state index contributed by atoms with van der Waals surface area (Å²) in [6, 6.07) is 13.4. The minimum atomic E-state index is -4.72. The minimum Gasteiger partial charge on any atom is -0.396 e. The van der Waals surface area contributed by atoms with Crippen molar-refractivity contribution in [2.45, 2.75) is 32.0 Å². The third-order valence-electron chi connectivity index (χ3n) is 5.45. The van der Waals surface area contributed by atoms with Crippen LogP contribution in [0.1, 0.15) is 29.5 Å². The van der Waals surface area contributed by atoms with Gasteiger partial charge in [-0.1, -0.05) is 42.5 Å². The predicted octanol–water partition coefficient (Wildman–Crippen LogP) is 4.66. The molecule has 27 heavy (non-hydrogen) atoms. The van der Waals surface area contributed by atoms with E-state index in [1.807, 2.05) is 30.3 Å². The summed E-state index contributed by atoms with van der Waals surface area (Å²) in [5.41, 5.74) is -0.610. The molecule has 1 N–H and O–H groups in total. The summed E-state index contributed by atoms with van der Waals surface area (Å²) in [6.07, 6.45) is -3.37. The van der Waals surface area contributed by atoms with E-state index in [1.54, 1.807) is 0 Å². The predicted molar refractivity (Wildman–Crippen MR) is 95.6 cm³/mol. The average molecular weight is 381 g/mol. The van der Waals surface area contributed by atoms with Crippen molar-refractivity contribution in [3.05, 3.63) is 71.0 Å². The summed E-state index contributed by atoms with van der Waals surface area (Å²) in [4.78, 5) is 2.26. The van der Waals surface area contributed by atoms with E-state index >= 15 is 0 Å². The number of hydrogen-bond donors (Lipinski definition) is 1. The van der Waals surface area contributed by atoms with E-state index in [2.05, 4.69) is 4.90 Å². The molecule has 0 amide bonds. The highest BCUT2D eigenvalue weighted by molar-refractivity contribution is 5.29. The zero-order chi connectivity index (χ0) is 19.5. The van der Waals surface area contributed by atoms with E-state index in [4.69, 9.17) is 0 Å². The molecular weight excluding hydrogens is 358 g/mol. The van der Waals surface area contributed by atoms with Gasteiger partial charge in [0.25, 0.3) is 0 Å². The lowest BCUT2D eigenvalue weighted by molar-refractivity contribution is -0.140. The van der Waals surface area contributed by atoms with Gasteiger partial charge in [0, 0.05) is 18.6 Å². The number of halogens is 4. The Bertz CT molecular complexity index is 753. The van der Waals surface area contributed by atoms with Crippen LogP contribution in [0.2, 0.25) is 0 Å². The highest BCUT2D eigenvalue weighted by atomic mass is 19.4. The third kappa shape index (κ3) is 4.68. The molecule has 0 radical (unpaired) electrons. The number of rotatable bonds is 5. The van der Waals surface area contributed by atoms with Crippen LogP contribution in [0.4, 0.5) is 17.6 Å². The minimum absolute atomic E-state index is 0.0235. The molecule has 146 valence electrons. The van der Waals surface area contributed by atoms with Gasteiger partial charge in [-0.15, -0.1) is 0 Å². The van der Waals surface area contributed by atoms with Crippen LogP contribution < -0.4 is 0 Å². The largest absolute Gasteiger partial charge is 0.419 e. The number of alkyl halides is 3. The number of likely N-dealkylation sites (tertiary alicyclic amines) is 1. The number of benzene rings is 2. The Morgan fingerprint density at radius 2 is 1.63 bits per heavy atom. The van der Waals surface area contributed by atoms with Gasteiger partial charge < -0.3 is 5.11 Å². The van der Waals surface area contributed by atoms with Gasteiger partial charge in [0.05, 0.1) is 5.56 Å². The van der Waals surface area contributed by atoms with Crippen LogP contribution >= 0.6 is 0 Å². The van der Waals surface area contributed by atoms with Crippen molar-refractivity contribution >= 4 is 0 Å². The maximum absolute atomic E-state index is 14.4. The molecule has 3 rings (SSSR count). The SMILES string of the molecule is OCC1(Cc2cccc(C(F)(F)F)c2F)CCN(Cc2ccccc2)CC1. The van der Waals surface area contributed by atoms with E-state index in [1.165, 1.54) is 17.7 Å². The normalized spacial score (nSPS) is 17.8. The highest BCUT2D eigenvalue weighted by Crippen LogP contribution is 2.38. The first-order valence-electron chi connectivity index (χ1n) is 9.05. The summed E-state index contributed by atoms with van der Waals surface area (Å²) in [6.45, 7) is 2.06. The first-order valence-corrected chi connectivity index (χ1v) is 9.05. The molecular formula is C21H23F4NO. The lowest BCUT2D eigenvalue weighted by atomic mass is 9.74. The summed E-state index contributed by atoms with van der Waals surface area (Å²) in [5, 5.41) is 9.94. The Kier molecular flexibility index (Phi) is 5.86. The molecule has 0 aromatic heterocycles. The zero-order valence-corrected chi connectivity index (χ0v) is 15.0. The molecule has 1 aliphatic heterocycles. The fourth-order valence-electron chi connectivity index (χ4n) is 3.76. The molecule has 0 spiro atoms. The molecule has 1 saturated heterocycles. The van der Waals surface area contributed by atoms with Crippen molar-refractivity contribution in [3.8, 4) is 0 Å². The number of aliphatic hydroxyl groups excluding tert-OH is 1. The summed E-state index contributed by atoms with van der Waals surface area (Å²) >= 11 is 0. The fourth-order valence-corrected chi connectivity index (χ4v) is 3.76. The maximum Gasteiger partial charge on any atom is 0.419 e. The fraction of sp³-hybridized carbons (Fsp3) is 0.429. The average Bonchev–Trinajstić information content (AvgIpc) is 2.65. The van der Waals surface area contributed by atoms with Crippen molar-refractivity contribution in [1.29, 1.82) is 0 Å². The van der Waals surface area contributed by atoms with Crippen molar-refractivity contribution in [2.24, 2.45) is 5.41 Å². The van der Waals surface area contributed by atoms with Crippen molar-refractivity contribution in [1.82, 2.24) is 4.90 Å². The van der Waals surface area contributed by atoms with E-state index in [0.29, 0.717) is 12.8 Å². The Balaban J connectivity index is 1.69. The second-order valence-electron chi connectivity index (χ2n) is 7.37. The molecule has 0 aliphatic carbocycles. The van der Waals surface area contributed by atoms with Gasteiger partial charge in [0.2, 0.25) is 0 Å². The quantitative estimate of drug-likeness (QED) is 0.762. The molecule has 6 heteroatoms. The van der Waals surface area contributed by atoms with Crippen LogP contribution in [0, 0.1) is 11.2 Å². The van der Waals surface area contributed by atoms with Crippen LogP contribution in [-0.2, 0) is 19.1 Å². The molecule has 1 heterocycles. The van der Waals surface area contributed by atoms with E-state index in [0.717, 1.165) is 25.7 Å². The number of hydrogen-bond acceptors (Lipinski definition) is 2. The topological polar surface area (TPSA) is 23.5 Å². The standard InChI is InChI=1S/C21H23F4NO/c22-19-17(7-4-8-18(19)21(23,24)25)13-20(15-27)9-11-26(12-10-20)14-16-5-2-1-3-6-16/h1-8,27H,9-15H2. The van der Waals surface area contributed by atoms with Crippen molar-refractivity contribution in [2.75, 3.05) is 19.7 Å². The first-order chi connectivity index (χ1) is 12.8. The Morgan fingerprint density at radius 1 is 0.963 bits per heavy atom. The summed E-state index contributed by atoms with van der Waals surface area (Å²) in [7, 11) is 0. The molecule has 2 aromatic carbocycles. The lowest BCUT2D eigenvalue weighted by Crippen LogP contribution is -2.43. The van der Waals surface area contributed by atoms with Crippen LogP contribution in [-0.4, -0.2) is 29.7 Å². The molecule has 2 aromatic rings. The Morgan fingerprint density at radius 3 is 2.22 bits per heavy atom. The van der Waals surface area contributed by atoms with E-state index < -0.39 is 23.0 Å². The van der Waals surface area contributed by atoms with Gasteiger partial charge in [-0.05, 0) is 49.5 Å². The monoisotopic (exact) mass is 381 g/mol. The van der Waals surface area contributed by atoms with E-state index in [9.17, 15) is 22.7 Å². The second kappa shape index (κ2) is 7.98. The molecule has 1 aliphatic rings. The third-order valence-corrected chi connectivity index (χ3v) is 5.45. The second-order valence-corrected chi connectivity index (χ2v) is 7.37. The molecule has 1 fully saturated rings. The van der Waals surface area contributed by atoms with Crippen molar-refractivity contribution in [3.63, 3.8) is 0 Å². The summed E-state index contributed by atoms with van der Waals surface area (Å²) < 4.78 is 53.2. The van der Waals surface area contributed by atoms with Gasteiger partial charge in [0.15, 0.2) is 0 Å². The number of piperidine rings is 1. The number of aliphatic hydroxyl groups is 1. The molecule has 0 atom stereocenters. The van der Waals surface area contributed by atoms with Crippen molar-refractivity contribution < 1.29 is 22.7 Å².